The Morgan fingerprint density at radius 1 is 1.60 bits per heavy atom. The average molecular weight is 211 g/mol. The maximum absolute atomic E-state index is 11.1. The fraction of sp³-hybridized carbons (Fsp3) is 0.444. The summed E-state index contributed by atoms with van der Waals surface area (Å²) in [5.74, 6) is -1.38. The van der Waals surface area contributed by atoms with Gasteiger partial charge in [-0.15, -0.1) is 0 Å². The van der Waals surface area contributed by atoms with E-state index in [1.54, 1.807) is 11.6 Å². The first-order valence-corrected chi connectivity index (χ1v) is 4.37. The second-order valence-electron chi connectivity index (χ2n) is 3.30. The summed E-state index contributed by atoms with van der Waals surface area (Å²) in [6, 6.07) is -0.991. The Hall–Kier alpha value is -1.85. The van der Waals surface area contributed by atoms with Gasteiger partial charge in [0.2, 0.25) is 5.91 Å². The molecule has 0 bridgehead atoms. The zero-order valence-corrected chi connectivity index (χ0v) is 8.84. The van der Waals surface area contributed by atoms with Gasteiger partial charge >= 0.3 is 5.97 Å². The van der Waals surface area contributed by atoms with E-state index in [2.05, 4.69) is 4.98 Å². The molecule has 0 saturated carbocycles. The fourth-order valence-corrected chi connectivity index (χ4v) is 1.30. The van der Waals surface area contributed by atoms with E-state index < -0.39 is 12.0 Å². The van der Waals surface area contributed by atoms with Crippen LogP contribution in [0.15, 0.2) is 12.5 Å². The van der Waals surface area contributed by atoms with E-state index in [1.165, 1.54) is 31.4 Å². The standard InChI is InChI=1S/C9H13N3O3/c1-6(13)12(3)8(9(14)15)7-4-10-5-11(7)2/h4-5,8H,1-3H3,(H,14,15). The van der Waals surface area contributed by atoms with Crippen molar-refractivity contribution in [1.29, 1.82) is 0 Å². The maximum Gasteiger partial charge on any atom is 0.332 e. The minimum Gasteiger partial charge on any atom is -0.479 e. The van der Waals surface area contributed by atoms with E-state index in [4.69, 9.17) is 5.11 Å². The largest absolute Gasteiger partial charge is 0.479 e. The zero-order valence-electron chi connectivity index (χ0n) is 8.84. The molecule has 15 heavy (non-hydrogen) atoms. The molecule has 0 aliphatic carbocycles. The van der Waals surface area contributed by atoms with Crippen LogP contribution >= 0.6 is 0 Å². The molecule has 1 atom stereocenters. The molecule has 0 saturated heterocycles. The van der Waals surface area contributed by atoms with Gasteiger partial charge in [-0.3, -0.25) is 4.79 Å². The third-order valence-corrected chi connectivity index (χ3v) is 2.25. The number of carbonyl (C=O) groups excluding carboxylic acids is 1. The fourth-order valence-electron chi connectivity index (χ4n) is 1.30. The van der Waals surface area contributed by atoms with Gasteiger partial charge in [-0.25, -0.2) is 9.78 Å². The Morgan fingerprint density at radius 3 is 2.53 bits per heavy atom. The Labute approximate surface area is 87.1 Å². The van der Waals surface area contributed by atoms with Crippen LogP contribution in [0.4, 0.5) is 0 Å². The van der Waals surface area contributed by atoms with E-state index in [0.29, 0.717) is 5.69 Å². The van der Waals surface area contributed by atoms with Crippen molar-refractivity contribution >= 4 is 11.9 Å². The highest BCUT2D eigenvalue weighted by molar-refractivity contribution is 5.82. The monoisotopic (exact) mass is 211 g/mol. The number of likely N-dealkylation sites (N-methyl/N-ethyl adjacent to an activating group) is 1. The van der Waals surface area contributed by atoms with Crippen molar-refractivity contribution in [3.05, 3.63) is 18.2 Å². The van der Waals surface area contributed by atoms with Crippen molar-refractivity contribution in [3.63, 3.8) is 0 Å². The van der Waals surface area contributed by atoms with Crippen molar-refractivity contribution in [3.8, 4) is 0 Å². The van der Waals surface area contributed by atoms with Crippen LogP contribution in [-0.2, 0) is 16.6 Å². The number of aryl methyl sites for hydroxylation is 1. The van der Waals surface area contributed by atoms with Crippen LogP contribution in [0.3, 0.4) is 0 Å². The summed E-state index contributed by atoms with van der Waals surface area (Å²) in [6.45, 7) is 1.33. The number of hydrogen-bond donors (Lipinski definition) is 1. The van der Waals surface area contributed by atoms with E-state index in [-0.39, 0.29) is 5.91 Å². The van der Waals surface area contributed by atoms with Gasteiger partial charge in [0.05, 0.1) is 18.2 Å². The van der Waals surface area contributed by atoms with Crippen LogP contribution in [-0.4, -0.2) is 38.5 Å². The van der Waals surface area contributed by atoms with Crippen LogP contribution in [0.2, 0.25) is 0 Å². The molecule has 0 aliphatic rings. The number of aliphatic carboxylic acids is 1. The smallest absolute Gasteiger partial charge is 0.332 e. The molecule has 1 amide bonds. The Morgan fingerprint density at radius 2 is 2.20 bits per heavy atom. The lowest BCUT2D eigenvalue weighted by Crippen LogP contribution is -2.35. The van der Waals surface area contributed by atoms with E-state index in [9.17, 15) is 9.59 Å². The minimum atomic E-state index is -1.07. The molecule has 1 aromatic heterocycles. The summed E-state index contributed by atoms with van der Waals surface area (Å²) in [4.78, 5) is 27.2. The zero-order chi connectivity index (χ0) is 11.6. The second-order valence-corrected chi connectivity index (χ2v) is 3.30. The highest BCUT2D eigenvalue weighted by atomic mass is 16.4. The Bertz CT molecular complexity index is 386. The predicted molar refractivity (Wildman–Crippen MR) is 52.0 cm³/mol. The number of carboxylic acids is 1. The molecule has 0 radical (unpaired) electrons. The maximum atomic E-state index is 11.1. The number of imidazole rings is 1. The van der Waals surface area contributed by atoms with Crippen molar-refractivity contribution < 1.29 is 14.7 Å². The third-order valence-electron chi connectivity index (χ3n) is 2.25. The summed E-state index contributed by atoms with van der Waals surface area (Å²) in [6.07, 6.45) is 2.94. The van der Waals surface area contributed by atoms with Crippen molar-refractivity contribution in [1.82, 2.24) is 14.5 Å². The Kier molecular flexibility index (Phi) is 3.08. The first-order chi connectivity index (χ1) is 6.95. The Balaban J connectivity index is 3.09. The van der Waals surface area contributed by atoms with Gasteiger partial charge < -0.3 is 14.6 Å². The highest BCUT2D eigenvalue weighted by Gasteiger charge is 2.28. The van der Waals surface area contributed by atoms with Crippen LogP contribution in [0.5, 0.6) is 0 Å². The normalized spacial score (nSPS) is 12.2. The molecule has 0 fully saturated rings. The molecule has 0 aliphatic heterocycles. The van der Waals surface area contributed by atoms with E-state index in [0.717, 1.165) is 0 Å². The van der Waals surface area contributed by atoms with Gasteiger partial charge in [-0.1, -0.05) is 0 Å². The van der Waals surface area contributed by atoms with Crippen LogP contribution in [0.1, 0.15) is 18.7 Å². The minimum absolute atomic E-state index is 0.302. The third kappa shape index (κ3) is 2.15. The molecule has 1 N–H and O–H groups in total. The average Bonchev–Trinajstić information content (AvgIpc) is 2.52. The molecule has 6 nitrogen and oxygen atoms in total. The highest BCUT2D eigenvalue weighted by Crippen LogP contribution is 2.18. The SMILES string of the molecule is CC(=O)N(C)C(C(=O)O)c1cncn1C. The number of hydrogen-bond acceptors (Lipinski definition) is 3. The molecule has 1 heterocycles. The summed E-state index contributed by atoms with van der Waals surface area (Å²) in [5, 5.41) is 9.05. The molecule has 0 aromatic carbocycles. The van der Waals surface area contributed by atoms with Crippen LogP contribution in [0.25, 0.3) is 0 Å². The topological polar surface area (TPSA) is 75.4 Å². The van der Waals surface area contributed by atoms with Gasteiger partial charge in [0.15, 0.2) is 6.04 Å². The molecule has 1 rings (SSSR count). The number of carboxylic acid groups (broad SMARTS) is 1. The lowest BCUT2D eigenvalue weighted by atomic mass is 10.2. The molecular weight excluding hydrogens is 198 g/mol. The number of carbonyl (C=O) groups is 2. The molecule has 0 spiro atoms. The van der Waals surface area contributed by atoms with Gasteiger partial charge in [0.25, 0.3) is 0 Å². The van der Waals surface area contributed by atoms with Crippen molar-refractivity contribution in [2.24, 2.45) is 7.05 Å². The lowest BCUT2D eigenvalue weighted by Gasteiger charge is -2.23. The first-order valence-electron chi connectivity index (χ1n) is 4.37. The summed E-state index contributed by atoms with van der Waals surface area (Å²) < 4.78 is 1.58. The van der Waals surface area contributed by atoms with Crippen LogP contribution < -0.4 is 0 Å². The summed E-state index contributed by atoms with van der Waals surface area (Å²) in [7, 11) is 3.14. The predicted octanol–water partition coefficient (Wildman–Crippen LogP) is 0.0241. The summed E-state index contributed by atoms with van der Waals surface area (Å²) >= 11 is 0. The quantitative estimate of drug-likeness (QED) is 0.765. The number of amides is 1. The van der Waals surface area contributed by atoms with Crippen molar-refractivity contribution in [2.75, 3.05) is 7.05 Å². The number of nitrogens with zero attached hydrogens (tertiary/aromatic N) is 3. The van der Waals surface area contributed by atoms with Gasteiger partial charge in [0.1, 0.15) is 0 Å². The van der Waals surface area contributed by atoms with Gasteiger partial charge in [0, 0.05) is 21.0 Å². The molecule has 1 aromatic rings. The van der Waals surface area contributed by atoms with E-state index >= 15 is 0 Å². The lowest BCUT2D eigenvalue weighted by molar-refractivity contribution is -0.148. The van der Waals surface area contributed by atoms with Gasteiger partial charge in [-0.05, 0) is 0 Å². The number of rotatable bonds is 3. The van der Waals surface area contributed by atoms with Gasteiger partial charge in [-0.2, -0.15) is 0 Å². The van der Waals surface area contributed by atoms with Crippen LogP contribution in [0, 0.1) is 0 Å². The first kappa shape index (κ1) is 11.2. The molecular formula is C9H13N3O3. The molecule has 82 valence electrons. The number of aromatic nitrogens is 2. The van der Waals surface area contributed by atoms with Crippen molar-refractivity contribution in [2.45, 2.75) is 13.0 Å². The second kappa shape index (κ2) is 4.12. The molecule has 6 heteroatoms. The molecule has 1 unspecified atom stereocenters. The summed E-state index contributed by atoms with van der Waals surface area (Å²) in [5.41, 5.74) is 0.472. The van der Waals surface area contributed by atoms with E-state index in [1.807, 2.05) is 0 Å².